The van der Waals surface area contributed by atoms with Crippen LogP contribution in [0.2, 0.25) is 0 Å². The van der Waals surface area contributed by atoms with Crippen LogP contribution in [0.5, 0.6) is 0 Å². The van der Waals surface area contributed by atoms with Crippen LogP contribution >= 0.6 is 0 Å². The standard InChI is InChI=1S/C21H21N5O3/c1-13-11-19(24-16-8-6-7-15(12-16)23-14(2)27)26-21(22-13)25-18-10-5-4-9-17(18)20(28)29-3/h4-12H,1-3H3,(H,23,27)(H2,22,24,25,26). The van der Waals surface area contributed by atoms with E-state index >= 15 is 0 Å². The largest absolute Gasteiger partial charge is 0.465 e. The highest BCUT2D eigenvalue weighted by Gasteiger charge is 2.12. The number of nitrogens with one attached hydrogen (secondary N) is 3. The molecule has 8 nitrogen and oxygen atoms in total. The van der Waals surface area contributed by atoms with E-state index in [9.17, 15) is 9.59 Å². The number of methoxy groups -OCH3 is 1. The third kappa shape index (κ3) is 5.29. The lowest BCUT2D eigenvalue weighted by molar-refractivity contribution is -0.114. The number of carbonyl (C=O) groups excluding carboxylic acids is 2. The van der Waals surface area contributed by atoms with Crippen molar-refractivity contribution >= 4 is 40.7 Å². The Bertz CT molecular complexity index is 1050. The third-order valence-corrected chi connectivity index (χ3v) is 3.89. The van der Waals surface area contributed by atoms with Crippen LogP contribution in [0.25, 0.3) is 0 Å². The Balaban J connectivity index is 1.84. The topological polar surface area (TPSA) is 105 Å². The number of hydrogen-bond donors (Lipinski definition) is 3. The Labute approximate surface area is 168 Å². The van der Waals surface area contributed by atoms with Gasteiger partial charge in [0.05, 0.1) is 18.4 Å². The molecule has 0 aliphatic carbocycles. The van der Waals surface area contributed by atoms with Crippen LogP contribution in [0.1, 0.15) is 23.0 Å². The van der Waals surface area contributed by atoms with Gasteiger partial charge in [-0.3, -0.25) is 4.79 Å². The van der Waals surface area contributed by atoms with Gasteiger partial charge in [-0.1, -0.05) is 18.2 Å². The second-order valence-electron chi connectivity index (χ2n) is 6.27. The van der Waals surface area contributed by atoms with Gasteiger partial charge < -0.3 is 20.7 Å². The molecule has 1 heterocycles. The van der Waals surface area contributed by atoms with E-state index in [0.717, 1.165) is 11.4 Å². The number of amides is 1. The van der Waals surface area contributed by atoms with Gasteiger partial charge >= 0.3 is 5.97 Å². The monoisotopic (exact) mass is 391 g/mol. The molecule has 148 valence electrons. The van der Waals surface area contributed by atoms with Crippen LogP contribution in [-0.4, -0.2) is 29.0 Å². The van der Waals surface area contributed by atoms with Crippen molar-refractivity contribution in [2.24, 2.45) is 0 Å². The van der Waals surface area contributed by atoms with Gasteiger partial charge in [-0.05, 0) is 37.3 Å². The number of aryl methyl sites for hydroxylation is 1. The molecule has 8 heteroatoms. The van der Waals surface area contributed by atoms with Gasteiger partial charge in [0.1, 0.15) is 5.82 Å². The van der Waals surface area contributed by atoms with Crippen LogP contribution in [0.3, 0.4) is 0 Å². The number of hydrogen-bond acceptors (Lipinski definition) is 7. The number of rotatable bonds is 6. The van der Waals surface area contributed by atoms with Crippen molar-refractivity contribution in [2.75, 3.05) is 23.1 Å². The highest BCUT2D eigenvalue weighted by atomic mass is 16.5. The summed E-state index contributed by atoms with van der Waals surface area (Å²) in [5.41, 5.74) is 3.11. The van der Waals surface area contributed by atoms with Crippen LogP contribution < -0.4 is 16.0 Å². The predicted octanol–water partition coefficient (Wildman–Crippen LogP) is 4.02. The first-order chi connectivity index (χ1) is 13.9. The zero-order valence-electron chi connectivity index (χ0n) is 16.3. The maximum atomic E-state index is 12.0. The third-order valence-electron chi connectivity index (χ3n) is 3.89. The van der Waals surface area contributed by atoms with E-state index in [0.29, 0.717) is 28.7 Å². The summed E-state index contributed by atoms with van der Waals surface area (Å²) in [5, 5.41) is 9.01. The van der Waals surface area contributed by atoms with Crippen molar-refractivity contribution in [3.8, 4) is 0 Å². The Kier molecular flexibility index (Phi) is 6.03. The van der Waals surface area contributed by atoms with E-state index in [4.69, 9.17) is 4.74 Å². The second kappa shape index (κ2) is 8.83. The maximum Gasteiger partial charge on any atom is 0.339 e. The summed E-state index contributed by atoms with van der Waals surface area (Å²) >= 11 is 0. The zero-order valence-corrected chi connectivity index (χ0v) is 16.3. The molecular formula is C21H21N5O3. The van der Waals surface area contributed by atoms with Gasteiger partial charge in [-0.2, -0.15) is 4.98 Å². The molecular weight excluding hydrogens is 370 g/mol. The zero-order chi connectivity index (χ0) is 20.8. The number of para-hydroxylation sites is 1. The molecule has 3 rings (SSSR count). The predicted molar refractivity (Wildman–Crippen MR) is 112 cm³/mol. The van der Waals surface area contributed by atoms with E-state index in [2.05, 4.69) is 25.9 Å². The second-order valence-corrected chi connectivity index (χ2v) is 6.27. The average Bonchev–Trinajstić information content (AvgIpc) is 2.67. The van der Waals surface area contributed by atoms with Crippen LogP contribution in [0, 0.1) is 6.92 Å². The van der Waals surface area contributed by atoms with Gasteiger partial charge in [0, 0.05) is 30.1 Å². The van der Waals surface area contributed by atoms with Crippen LogP contribution in [0.4, 0.5) is 28.8 Å². The minimum atomic E-state index is -0.450. The van der Waals surface area contributed by atoms with E-state index < -0.39 is 5.97 Å². The molecule has 0 spiro atoms. The summed E-state index contributed by atoms with van der Waals surface area (Å²) in [5.74, 6) is 0.307. The maximum absolute atomic E-state index is 12.0. The van der Waals surface area contributed by atoms with Crippen LogP contribution in [-0.2, 0) is 9.53 Å². The molecule has 0 unspecified atom stereocenters. The molecule has 29 heavy (non-hydrogen) atoms. The number of ether oxygens (including phenoxy) is 1. The molecule has 0 saturated heterocycles. The summed E-state index contributed by atoms with van der Waals surface area (Å²) in [6.45, 7) is 3.30. The summed E-state index contributed by atoms with van der Waals surface area (Å²) in [7, 11) is 1.33. The molecule has 1 aromatic heterocycles. The summed E-state index contributed by atoms with van der Waals surface area (Å²) in [6, 6.07) is 16.1. The minimum absolute atomic E-state index is 0.143. The lowest BCUT2D eigenvalue weighted by atomic mass is 10.2. The van der Waals surface area contributed by atoms with Crippen molar-refractivity contribution < 1.29 is 14.3 Å². The van der Waals surface area contributed by atoms with E-state index in [-0.39, 0.29) is 5.91 Å². The minimum Gasteiger partial charge on any atom is -0.465 e. The van der Waals surface area contributed by atoms with E-state index in [1.54, 1.807) is 42.5 Å². The summed E-state index contributed by atoms with van der Waals surface area (Å²) in [4.78, 5) is 32.1. The lowest BCUT2D eigenvalue weighted by Gasteiger charge is -2.12. The quantitative estimate of drug-likeness (QED) is 0.545. The molecule has 0 aliphatic heterocycles. The fourth-order valence-corrected chi connectivity index (χ4v) is 2.71. The number of aromatic nitrogens is 2. The SMILES string of the molecule is COC(=O)c1ccccc1Nc1nc(C)cc(Nc2cccc(NC(C)=O)c2)n1. The first-order valence-corrected chi connectivity index (χ1v) is 8.89. The normalized spacial score (nSPS) is 10.2. The number of anilines is 5. The number of carbonyl (C=O) groups is 2. The van der Waals surface area contributed by atoms with Gasteiger partial charge in [-0.15, -0.1) is 0 Å². The molecule has 2 aromatic carbocycles. The average molecular weight is 391 g/mol. The lowest BCUT2D eigenvalue weighted by Crippen LogP contribution is -2.08. The van der Waals surface area contributed by atoms with Gasteiger partial charge in [0.2, 0.25) is 11.9 Å². The molecule has 0 atom stereocenters. The molecule has 0 fully saturated rings. The number of esters is 1. The Hall–Kier alpha value is -3.94. The molecule has 3 aromatic rings. The Morgan fingerprint density at radius 2 is 1.69 bits per heavy atom. The molecule has 0 aliphatic rings. The molecule has 0 bridgehead atoms. The smallest absolute Gasteiger partial charge is 0.339 e. The summed E-state index contributed by atoms with van der Waals surface area (Å²) < 4.78 is 4.82. The van der Waals surface area contributed by atoms with Crippen LogP contribution in [0.15, 0.2) is 54.6 Å². The molecule has 0 saturated carbocycles. The highest BCUT2D eigenvalue weighted by Crippen LogP contribution is 2.23. The molecule has 1 amide bonds. The molecule has 3 N–H and O–H groups in total. The van der Waals surface area contributed by atoms with Gasteiger partial charge in [-0.25, -0.2) is 9.78 Å². The van der Waals surface area contributed by atoms with Crippen molar-refractivity contribution in [1.29, 1.82) is 0 Å². The first kappa shape index (κ1) is 19.8. The van der Waals surface area contributed by atoms with Gasteiger partial charge in [0.15, 0.2) is 0 Å². The number of nitrogens with zero attached hydrogens (tertiary/aromatic N) is 2. The number of benzene rings is 2. The Morgan fingerprint density at radius 1 is 0.931 bits per heavy atom. The van der Waals surface area contributed by atoms with E-state index in [1.165, 1.54) is 14.0 Å². The molecule has 0 radical (unpaired) electrons. The van der Waals surface area contributed by atoms with Gasteiger partial charge in [0.25, 0.3) is 0 Å². The highest BCUT2D eigenvalue weighted by molar-refractivity contribution is 5.96. The van der Waals surface area contributed by atoms with E-state index in [1.807, 2.05) is 19.1 Å². The van der Waals surface area contributed by atoms with Crippen molar-refractivity contribution in [1.82, 2.24) is 9.97 Å². The first-order valence-electron chi connectivity index (χ1n) is 8.89. The van der Waals surface area contributed by atoms with Crippen molar-refractivity contribution in [2.45, 2.75) is 13.8 Å². The fraction of sp³-hybridized carbons (Fsp3) is 0.143. The summed E-state index contributed by atoms with van der Waals surface area (Å²) in [6.07, 6.45) is 0. The Morgan fingerprint density at radius 3 is 2.45 bits per heavy atom. The fourth-order valence-electron chi connectivity index (χ4n) is 2.71. The van der Waals surface area contributed by atoms with Crippen molar-refractivity contribution in [3.05, 3.63) is 65.9 Å². The van der Waals surface area contributed by atoms with Crippen molar-refractivity contribution in [3.63, 3.8) is 0 Å².